The van der Waals surface area contributed by atoms with E-state index in [4.69, 9.17) is 4.42 Å². The Balaban J connectivity index is 1.58. The highest BCUT2D eigenvalue weighted by Crippen LogP contribution is 2.25. The molecule has 2 aliphatic rings. The maximum Gasteiger partial charge on any atom is 0.122 e. The van der Waals surface area contributed by atoms with Gasteiger partial charge in [-0.15, -0.1) is 0 Å². The van der Waals surface area contributed by atoms with Gasteiger partial charge >= 0.3 is 0 Å². The fourth-order valence-electron chi connectivity index (χ4n) is 3.12. The van der Waals surface area contributed by atoms with Gasteiger partial charge in [-0.05, 0) is 56.7 Å². The number of rotatable bonds is 5. The van der Waals surface area contributed by atoms with Crippen molar-refractivity contribution in [3.63, 3.8) is 0 Å². The molecule has 106 valence electrons. The van der Waals surface area contributed by atoms with Gasteiger partial charge in [0.05, 0.1) is 12.3 Å². The molecule has 3 heterocycles. The van der Waals surface area contributed by atoms with Crippen LogP contribution in [-0.4, -0.2) is 42.1 Å². The summed E-state index contributed by atoms with van der Waals surface area (Å²) in [5.41, 5.74) is 0. The third-order valence-electron chi connectivity index (χ3n) is 4.21. The van der Waals surface area contributed by atoms with E-state index in [1.165, 1.54) is 50.3 Å². The molecule has 1 N–H and O–H groups in total. The van der Waals surface area contributed by atoms with Gasteiger partial charge in [-0.25, -0.2) is 0 Å². The number of nitrogens with zero attached hydrogens (tertiary/aromatic N) is 1. The largest absolute Gasteiger partial charge is 0.468 e. The number of nitrogens with one attached hydrogen (secondary N) is 1. The number of thioether (sulfide) groups is 1. The van der Waals surface area contributed by atoms with Gasteiger partial charge in [-0.1, -0.05) is 0 Å². The van der Waals surface area contributed by atoms with Gasteiger partial charge in [0.1, 0.15) is 5.76 Å². The second-order valence-electron chi connectivity index (χ2n) is 5.60. The number of likely N-dealkylation sites (tertiary alicyclic amines) is 1. The van der Waals surface area contributed by atoms with Crippen molar-refractivity contribution in [1.82, 2.24) is 10.2 Å². The molecule has 0 radical (unpaired) electrons. The first kappa shape index (κ1) is 13.5. The molecule has 2 unspecified atom stereocenters. The SMILES string of the molecule is c1coc(C(CNC2CCCSC2)N2CCCC2)c1. The summed E-state index contributed by atoms with van der Waals surface area (Å²) in [5, 5.41) is 3.76. The summed E-state index contributed by atoms with van der Waals surface area (Å²) >= 11 is 2.08. The van der Waals surface area contributed by atoms with Gasteiger partial charge in [0.25, 0.3) is 0 Å². The fourth-order valence-corrected chi connectivity index (χ4v) is 4.23. The van der Waals surface area contributed by atoms with E-state index in [-0.39, 0.29) is 0 Å². The van der Waals surface area contributed by atoms with Gasteiger partial charge < -0.3 is 9.73 Å². The molecule has 3 rings (SSSR count). The van der Waals surface area contributed by atoms with Crippen molar-refractivity contribution in [3.8, 4) is 0 Å². The molecule has 1 aromatic rings. The van der Waals surface area contributed by atoms with Crippen molar-refractivity contribution in [2.75, 3.05) is 31.1 Å². The van der Waals surface area contributed by atoms with Crippen molar-refractivity contribution in [1.29, 1.82) is 0 Å². The Morgan fingerprint density at radius 1 is 1.37 bits per heavy atom. The van der Waals surface area contributed by atoms with Crippen LogP contribution in [0.1, 0.15) is 37.5 Å². The Morgan fingerprint density at radius 3 is 2.95 bits per heavy atom. The van der Waals surface area contributed by atoms with Crippen molar-refractivity contribution in [3.05, 3.63) is 24.2 Å². The fraction of sp³-hybridized carbons (Fsp3) is 0.733. The van der Waals surface area contributed by atoms with E-state index in [0.717, 1.165) is 12.3 Å². The van der Waals surface area contributed by atoms with Gasteiger partial charge in [0.15, 0.2) is 0 Å². The minimum atomic E-state index is 0.421. The van der Waals surface area contributed by atoms with Gasteiger partial charge in [0, 0.05) is 18.3 Å². The zero-order valence-electron chi connectivity index (χ0n) is 11.5. The molecule has 2 fully saturated rings. The minimum Gasteiger partial charge on any atom is -0.468 e. The number of hydrogen-bond acceptors (Lipinski definition) is 4. The summed E-state index contributed by atoms with van der Waals surface area (Å²) < 4.78 is 5.66. The normalized spacial score (nSPS) is 26.6. The molecule has 19 heavy (non-hydrogen) atoms. The van der Waals surface area contributed by atoms with Crippen LogP contribution < -0.4 is 5.32 Å². The van der Waals surface area contributed by atoms with E-state index in [1.807, 2.05) is 6.07 Å². The van der Waals surface area contributed by atoms with Crippen LogP contribution >= 0.6 is 11.8 Å². The van der Waals surface area contributed by atoms with E-state index >= 15 is 0 Å². The molecule has 0 aromatic carbocycles. The molecule has 0 saturated carbocycles. The molecular formula is C15H24N2OS. The Hall–Kier alpha value is -0.450. The third-order valence-corrected chi connectivity index (χ3v) is 5.43. The molecule has 3 nitrogen and oxygen atoms in total. The third kappa shape index (κ3) is 3.56. The van der Waals surface area contributed by atoms with Crippen molar-refractivity contribution >= 4 is 11.8 Å². The lowest BCUT2D eigenvalue weighted by atomic mass is 10.1. The van der Waals surface area contributed by atoms with E-state index in [9.17, 15) is 0 Å². The first-order chi connectivity index (χ1) is 9.43. The lowest BCUT2D eigenvalue weighted by Crippen LogP contribution is -2.40. The quantitative estimate of drug-likeness (QED) is 0.898. The van der Waals surface area contributed by atoms with Crippen LogP contribution in [0.25, 0.3) is 0 Å². The summed E-state index contributed by atoms with van der Waals surface area (Å²) in [4.78, 5) is 2.57. The molecule has 2 saturated heterocycles. The molecule has 0 amide bonds. The Kier molecular flexibility index (Phi) is 4.86. The Bertz CT molecular complexity index is 356. The van der Waals surface area contributed by atoms with Crippen LogP contribution in [-0.2, 0) is 0 Å². The summed E-state index contributed by atoms with van der Waals surface area (Å²) in [6.07, 6.45) is 7.15. The first-order valence-electron chi connectivity index (χ1n) is 7.52. The zero-order valence-corrected chi connectivity index (χ0v) is 12.3. The summed E-state index contributed by atoms with van der Waals surface area (Å²) in [6, 6.07) is 5.25. The van der Waals surface area contributed by atoms with E-state index in [2.05, 4.69) is 28.0 Å². The van der Waals surface area contributed by atoms with Gasteiger partial charge in [0.2, 0.25) is 0 Å². The second-order valence-corrected chi connectivity index (χ2v) is 6.75. The molecule has 4 heteroatoms. The van der Waals surface area contributed by atoms with Gasteiger partial charge in [-0.3, -0.25) is 4.90 Å². The number of hydrogen-bond donors (Lipinski definition) is 1. The lowest BCUT2D eigenvalue weighted by Gasteiger charge is -2.29. The van der Waals surface area contributed by atoms with Crippen molar-refractivity contribution < 1.29 is 4.42 Å². The topological polar surface area (TPSA) is 28.4 Å². The summed E-state index contributed by atoms with van der Waals surface area (Å²) in [6.45, 7) is 3.46. The summed E-state index contributed by atoms with van der Waals surface area (Å²) in [7, 11) is 0. The second kappa shape index (κ2) is 6.82. The standard InChI is InChI=1S/C15H24N2OS/c1-2-8-17(7-1)14(15-6-3-9-18-15)11-16-13-5-4-10-19-12-13/h3,6,9,13-14,16H,1-2,4-5,7-8,10-12H2. The molecular weight excluding hydrogens is 256 g/mol. The monoisotopic (exact) mass is 280 g/mol. The van der Waals surface area contributed by atoms with Crippen LogP contribution in [0.2, 0.25) is 0 Å². The molecule has 2 aliphatic heterocycles. The molecule has 0 aliphatic carbocycles. The average Bonchev–Trinajstić information content (AvgIpc) is 3.13. The highest BCUT2D eigenvalue weighted by molar-refractivity contribution is 7.99. The van der Waals surface area contributed by atoms with Crippen LogP contribution in [0.4, 0.5) is 0 Å². The van der Waals surface area contributed by atoms with Crippen molar-refractivity contribution in [2.45, 2.75) is 37.8 Å². The van der Waals surface area contributed by atoms with Crippen LogP contribution in [0.5, 0.6) is 0 Å². The van der Waals surface area contributed by atoms with E-state index in [1.54, 1.807) is 6.26 Å². The smallest absolute Gasteiger partial charge is 0.122 e. The highest BCUT2D eigenvalue weighted by Gasteiger charge is 2.26. The van der Waals surface area contributed by atoms with E-state index < -0.39 is 0 Å². The predicted molar refractivity (Wildman–Crippen MR) is 80.6 cm³/mol. The van der Waals surface area contributed by atoms with Crippen LogP contribution in [0.15, 0.2) is 22.8 Å². The summed E-state index contributed by atoms with van der Waals surface area (Å²) in [5.74, 6) is 3.73. The van der Waals surface area contributed by atoms with Gasteiger partial charge in [-0.2, -0.15) is 11.8 Å². The minimum absolute atomic E-state index is 0.421. The zero-order chi connectivity index (χ0) is 12.9. The first-order valence-corrected chi connectivity index (χ1v) is 8.67. The van der Waals surface area contributed by atoms with E-state index in [0.29, 0.717) is 12.1 Å². The Labute approximate surface area is 120 Å². The maximum absolute atomic E-state index is 5.66. The van der Waals surface area contributed by atoms with Crippen LogP contribution in [0.3, 0.4) is 0 Å². The molecule has 1 aromatic heterocycles. The molecule has 0 spiro atoms. The Morgan fingerprint density at radius 2 is 2.26 bits per heavy atom. The maximum atomic E-state index is 5.66. The lowest BCUT2D eigenvalue weighted by molar-refractivity contribution is 0.205. The highest BCUT2D eigenvalue weighted by atomic mass is 32.2. The average molecular weight is 280 g/mol. The molecule has 2 atom stereocenters. The number of furan rings is 1. The van der Waals surface area contributed by atoms with Crippen LogP contribution in [0, 0.1) is 0 Å². The predicted octanol–water partition coefficient (Wildman–Crippen LogP) is 2.90. The molecule has 0 bridgehead atoms. The van der Waals surface area contributed by atoms with Crippen molar-refractivity contribution in [2.24, 2.45) is 0 Å².